The molecule has 104 valence electrons. The van der Waals surface area contributed by atoms with Gasteiger partial charge in [-0.1, -0.05) is 0 Å². The number of nitrogens with zero attached hydrogens (tertiary/aromatic N) is 2. The highest BCUT2D eigenvalue weighted by molar-refractivity contribution is 5.76. The molecule has 5 nitrogen and oxygen atoms in total. The van der Waals surface area contributed by atoms with E-state index >= 15 is 0 Å². The first kappa shape index (κ1) is 13.8. The van der Waals surface area contributed by atoms with Crippen molar-refractivity contribution >= 4 is 11.0 Å². The molecule has 0 unspecified atom stereocenters. The first-order chi connectivity index (χ1) is 9.19. The van der Waals surface area contributed by atoms with Crippen LogP contribution in [0.25, 0.3) is 11.0 Å². The van der Waals surface area contributed by atoms with Crippen LogP contribution in [-0.2, 0) is 6.42 Å². The summed E-state index contributed by atoms with van der Waals surface area (Å²) in [6.45, 7) is 2.99. The van der Waals surface area contributed by atoms with Gasteiger partial charge < -0.3 is 19.9 Å². The summed E-state index contributed by atoms with van der Waals surface area (Å²) >= 11 is 0. The lowest BCUT2D eigenvalue weighted by atomic mass is 10.3. The van der Waals surface area contributed by atoms with Crippen molar-refractivity contribution in [2.24, 2.45) is 0 Å². The van der Waals surface area contributed by atoms with Crippen LogP contribution in [0, 0.1) is 0 Å². The Kier molecular flexibility index (Phi) is 4.76. The van der Waals surface area contributed by atoms with Crippen LogP contribution in [0.3, 0.4) is 0 Å². The van der Waals surface area contributed by atoms with Crippen molar-refractivity contribution in [2.75, 3.05) is 40.8 Å². The van der Waals surface area contributed by atoms with Gasteiger partial charge in [-0.25, -0.2) is 4.98 Å². The average molecular weight is 262 g/mol. The third kappa shape index (κ3) is 3.94. The molecule has 0 aliphatic rings. The second-order valence-corrected chi connectivity index (χ2v) is 4.87. The lowest BCUT2D eigenvalue weighted by molar-refractivity contribution is 0.400. The van der Waals surface area contributed by atoms with Gasteiger partial charge in [-0.3, -0.25) is 0 Å². The zero-order chi connectivity index (χ0) is 13.7. The number of fused-ring (bicyclic) bond motifs is 1. The number of imidazole rings is 1. The Bertz CT molecular complexity index is 521. The highest BCUT2D eigenvalue weighted by Gasteiger charge is 2.03. The molecule has 0 aliphatic carbocycles. The molecule has 1 aromatic heterocycles. The third-order valence-corrected chi connectivity index (χ3v) is 3.01. The molecule has 0 saturated heterocycles. The number of ether oxygens (including phenoxy) is 1. The van der Waals surface area contributed by atoms with E-state index in [4.69, 9.17) is 4.74 Å². The number of benzene rings is 1. The molecule has 19 heavy (non-hydrogen) atoms. The Hall–Kier alpha value is -1.59. The predicted molar refractivity (Wildman–Crippen MR) is 77.8 cm³/mol. The van der Waals surface area contributed by atoms with E-state index in [0.717, 1.165) is 48.7 Å². The van der Waals surface area contributed by atoms with Gasteiger partial charge in [-0.15, -0.1) is 0 Å². The third-order valence-electron chi connectivity index (χ3n) is 3.01. The minimum atomic E-state index is 0.854. The molecule has 5 heteroatoms. The summed E-state index contributed by atoms with van der Waals surface area (Å²) in [4.78, 5) is 10.1. The molecule has 1 aromatic carbocycles. The first-order valence-corrected chi connectivity index (χ1v) is 6.57. The van der Waals surface area contributed by atoms with Crippen molar-refractivity contribution in [2.45, 2.75) is 6.42 Å². The van der Waals surface area contributed by atoms with Crippen molar-refractivity contribution in [3.05, 3.63) is 24.0 Å². The van der Waals surface area contributed by atoms with Gasteiger partial charge in [0.2, 0.25) is 0 Å². The van der Waals surface area contributed by atoms with Crippen molar-refractivity contribution in [1.29, 1.82) is 0 Å². The first-order valence-electron chi connectivity index (χ1n) is 6.57. The number of H-pyrrole nitrogens is 1. The van der Waals surface area contributed by atoms with Crippen molar-refractivity contribution in [3.8, 4) is 5.75 Å². The molecule has 1 heterocycles. The molecular formula is C14H22N4O. The van der Waals surface area contributed by atoms with E-state index < -0.39 is 0 Å². The summed E-state index contributed by atoms with van der Waals surface area (Å²) in [7, 11) is 5.83. The van der Waals surface area contributed by atoms with Gasteiger partial charge in [0.25, 0.3) is 0 Å². The van der Waals surface area contributed by atoms with Crippen LogP contribution in [0.5, 0.6) is 5.75 Å². The molecule has 0 fully saturated rings. The van der Waals surface area contributed by atoms with E-state index in [1.54, 1.807) is 7.11 Å². The standard InChI is InChI=1S/C14H22N4O/c1-18(2)9-8-15-7-6-14-16-12-5-4-11(19-3)10-13(12)17-14/h4-5,10,15H,6-9H2,1-3H3,(H,16,17). The summed E-state index contributed by atoms with van der Waals surface area (Å²) < 4.78 is 5.20. The maximum Gasteiger partial charge on any atom is 0.121 e. The van der Waals surface area contributed by atoms with E-state index in [-0.39, 0.29) is 0 Å². The van der Waals surface area contributed by atoms with E-state index in [2.05, 4.69) is 34.3 Å². The van der Waals surface area contributed by atoms with Crippen LogP contribution in [-0.4, -0.2) is 55.7 Å². The van der Waals surface area contributed by atoms with Crippen LogP contribution in [0.15, 0.2) is 18.2 Å². The monoisotopic (exact) mass is 262 g/mol. The highest BCUT2D eigenvalue weighted by Crippen LogP contribution is 2.18. The molecule has 0 bridgehead atoms. The second kappa shape index (κ2) is 6.54. The van der Waals surface area contributed by atoms with Gasteiger partial charge >= 0.3 is 0 Å². The van der Waals surface area contributed by atoms with Gasteiger partial charge in [-0.05, 0) is 26.2 Å². The second-order valence-electron chi connectivity index (χ2n) is 4.87. The smallest absolute Gasteiger partial charge is 0.121 e. The molecule has 2 rings (SSSR count). The number of rotatable bonds is 7. The normalized spacial score (nSPS) is 11.4. The maximum atomic E-state index is 5.20. The lowest BCUT2D eigenvalue weighted by Crippen LogP contribution is -2.28. The fourth-order valence-corrected chi connectivity index (χ4v) is 1.92. The number of aromatic amines is 1. The minimum absolute atomic E-state index is 0.854. The topological polar surface area (TPSA) is 53.2 Å². The zero-order valence-corrected chi connectivity index (χ0v) is 11.9. The largest absolute Gasteiger partial charge is 0.497 e. The van der Waals surface area contributed by atoms with E-state index in [1.807, 2.05) is 18.2 Å². The van der Waals surface area contributed by atoms with Crippen LogP contribution in [0.2, 0.25) is 0 Å². The SMILES string of the molecule is COc1ccc2nc(CCNCCN(C)C)[nH]c2c1. The van der Waals surface area contributed by atoms with Gasteiger partial charge in [-0.2, -0.15) is 0 Å². The summed E-state index contributed by atoms with van der Waals surface area (Å²) in [5.74, 6) is 1.87. The Morgan fingerprint density at radius 1 is 1.32 bits per heavy atom. The van der Waals surface area contributed by atoms with Gasteiger partial charge in [0.05, 0.1) is 18.1 Å². The Labute approximate surface area is 114 Å². The molecule has 0 spiro atoms. The Morgan fingerprint density at radius 3 is 2.89 bits per heavy atom. The quantitative estimate of drug-likeness (QED) is 0.738. The van der Waals surface area contributed by atoms with Crippen LogP contribution >= 0.6 is 0 Å². The fraction of sp³-hybridized carbons (Fsp3) is 0.500. The summed E-state index contributed by atoms with van der Waals surface area (Å²) in [6.07, 6.45) is 0.907. The molecule has 0 atom stereocenters. The van der Waals surface area contributed by atoms with Crippen LogP contribution < -0.4 is 10.1 Å². The summed E-state index contributed by atoms with van der Waals surface area (Å²) in [5.41, 5.74) is 2.02. The lowest BCUT2D eigenvalue weighted by Gasteiger charge is -2.09. The minimum Gasteiger partial charge on any atom is -0.497 e. The number of hydrogen-bond donors (Lipinski definition) is 2. The van der Waals surface area contributed by atoms with Gasteiger partial charge in [0.1, 0.15) is 11.6 Å². The molecule has 0 amide bonds. The average Bonchev–Trinajstić information content (AvgIpc) is 2.79. The number of methoxy groups -OCH3 is 1. The van der Waals surface area contributed by atoms with E-state index in [9.17, 15) is 0 Å². The van der Waals surface area contributed by atoms with Crippen molar-refractivity contribution < 1.29 is 4.74 Å². The number of likely N-dealkylation sites (N-methyl/N-ethyl adjacent to an activating group) is 1. The van der Waals surface area contributed by atoms with Gasteiger partial charge in [0, 0.05) is 32.1 Å². The maximum absolute atomic E-state index is 5.20. The van der Waals surface area contributed by atoms with E-state index in [0.29, 0.717) is 0 Å². The van der Waals surface area contributed by atoms with Crippen molar-refractivity contribution in [3.63, 3.8) is 0 Å². The molecular weight excluding hydrogens is 240 g/mol. The molecule has 0 saturated carbocycles. The van der Waals surface area contributed by atoms with Crippen molar-refractivity contribution in [1.82, 2.24) is 20.2 Å². The Morgan fingerprint density at radius 2 is 2.16 bits per heavy atom. The summed E-state index contributed by atoms with van der Waals surface area (Å²) in [6, 6.07) is 5.89. The fourth-order valence-electron chi connectivity index (χ4n) is 1.92. The Balaban J connectivity index is 1.87. The highest BCUT2D eigenvalue weighted by atomic mass is 16.5. The molecule has 0 aliphatic heterocycles. The predicted octanol–water partition coefficient (Wildman–Crippen LogP) is 1.27. The van der Waals surface area contributed by atoms with Gasteiger partial charge in [0.15, 0.2) is 0 Å². The zero-order valence-electron chi connectivity index (χ0n) is 11.9. The molecule has 2 N–H and O–H groups in total. The number of aromatic nitrogens is 2. The number of hydrogen-bond acceptors (Lipinski definition) is 4. The molecule has 2 aromatic rings. The van der Waals surface area contributed by atoms with Crippen LogP contribution in [0.1, 0.15) is 5.82 Å². The van der Waals surface area contributed by atoms with E-state index in [1.165, 1.54) is 0 Å². The molecule has 0 radical (unpaired) electrons. The van der Waals surface area contributed by atoms with Crippen LogP contribution in [0.4, 0.5) is 0 Å². The summed E-state index contributed by atoms with van der Waals surface area (Å²) in [5, 5.41) is 3.41. The number of nitrogens with one attached hydrogen (secondary N) is 2.